The van der Waals surface area contributed by atoms with E-state index in [1.165, 1.54) is 6.92 Å². The maximum absolute atomic E-state index is 11.6. The maximum atomic E-state index is 11.6. The summed E-state index contributed by atoms with van der Waals surface area (Å²) in [6, 6.07) is -0.0737. The third kappa shape index (κ3) is 9.52. The Morgan fingerprint density at radius 3 is 2.19 bits per heavy atom. The van der Waals surface area contributed by atoms with Gasteiger partial charge < -0.3 is 36.9 Å². The summed E-state index contributed by atoms with van der Waals surface area (Å²) < 4.78 is 11.5. The molecule has 27 heavy (non-hydrogen) atoms. The fraction of sp³-hybridized carbons (Fsp3) is 0.824. The minimum absolute atomic E-state index is 0. The fourth-order valence-corrected chi connectivity index (χ4v) is 4.48. The van der Waals surface area contributed by atoms with E-state index in [1.54, 1.807) is 6.08 Å². The zero-order chi connectivity index (χ0) is 18.5. The van der Waals surface area contributed by atoms with Crippen molar-refractivity contribution in [3.05, 3.63) is 11.4 Å². The predicted octanol–water partition coefficient (Wildman–Crippen LogP) is 2.63. The van der Waals surface area contributed by atoms with E-state index in [0.29, 0.717) is 12.3 Å². The molecule has 1 aliphatic carbocycles. The summed E-state index contributed by atoms with van der Waals surface area (Å²) in [4.78, 5) is 36.8. The largest absolute Gasteiger partial charge is 0.808 e. The lowest BCUT2D eigenvalue weighted by atomic mass is 9.79. The summed E-state index contributed by atoms with van der Waals surface area (Å²) >= 11 is 0. The van der Waals surface area contributed by atoms with Crippen LogP contribution >= 0.6 is 20.0 Å². The molecule has 0 unspecified atom stereocenters. The van der Waals surface area contributed by atoms with Gasteiger partial charge in [0.1, 0.15) is 0 Å². The summed E-state index contributed by atoms with van der Waals surface area (Å²) in [7, 11) is -4.70. The number of quaternary nitrogens is 2. The highest BCUT2D eigenvalue weighted by Gasteiger charge is 2.36. The lowest BCUT2D eigenvalue weighted by Gasteiger charge is -2.46. The molecule has 1 amide bonds. The van der Waals surface area contributed by atoms with E-state index in [-0.39, 0.29) is 60.4 Å². The number of nitrogens with one attached hydrogen (secondary N) is 1. The number of amides is 1. The molecule has 0 saturated heterocycles. The Balaban J connectivity index is -0.00000192. The molecule has 0 fully saturated rings. The molecule has 3 atom stereocenters. The minimum atomic E-state index is -4.70. The Bertz CT molecular complexity index is 509. The molecule has 1 rings (SSSR count). The molecule has 164 valence electrons. The Hall–Kier alpha value is -0.470. The normalized spacial score (nSPS) is 20.7. The van der Waals surface area contributed by atoms with E-state index < -0.39 is 7.60 Å². The summed E-state index contributed by atoms with van der Waals surface area (Å²) in [6.07, 6.45) is 3.14. The number of nitrogens with zero attached hydrogens (tertiary/aromatic N) is 1. The van der Waals surface area contributed by atoms with E-state index in [0.717, 1.165) is 19.5 Å². The second kappa shape index (κ2) is 13.7. The van der Waals surface area contributed by atoms with Crippen LogP contribution in [0, 0.1) is 11.8 Å². The number of halogens is 1. The summed E-state index contributed by atoms with van der Waals surface area (Å²) in [6.45, 7) is 11.3. The second-order valence-electron chi connectivity index (χ2n) is 7.02. The van der Waals surface area contributed by atoms with Gasteiger partial charge in [-0.2, -0.15) is 0 Å². The first-order valence-electron chi connectivity index (χ1n) is 8.82. The third-order valence-corrected chi connectivity index (χ3v) is 5.87. The van der Waals surface area contributed by atoms with Gasteiger partial charge in [0.25, 0.3) is 0 Å². The Labute approximate surface area is 170 Å². The predicted molar refractivity (Wildman–Crippen MR) is 111 cm³/mol. The van der Waals surface area contributed by atoms with E-state index >= 15 is 0 Å². The van der Waals surface area contributed by atoms with Crippen molar-refractivity contribution < 1.29 is 19.1 Å². The van der Waals surface area contributed by atoms with Crippen molar-refractivity contribution in [2.24, 2.45) is 11.8 Å². The molecule has 1 aliphatic rings. The smallest absolute Gasteiger partial charge is 0.217 e. The van der Waals surface area contributed by atoms with Gasteiger partial charge in [0.15, 0.2) is 0 Å². The first-order chi connectivity index (χ1) is 11.1. The first kappa shape index (κ1) is 31.2. The molecule has 0 bridgehead atoms. The molecule has 0 aromatic carbocycles. The van der Waals surface area contributed by atoms with Gasteiger partial charge in [-0.1, -0.05) is 33.8 Å². The molecule has 0 spiro atoms. The molecular weight excluding hydrogens is 391 g/mol. The van der Waals surface area contributed by atoms with Crippen molar-refractivity contribution in [2.75, 3.05) is 13.1 Å². The molecule has 0 saturated carbocycles. The van der Waals surface area contributed by atoms with Crippen LogP contribution in [0.5, 0.6) is 0 Å². The van der Waals surface area contributed by atoms with E-state index in [2.05, 4.69) is 24.1 Å². The monoisotopic (exact) mass is 430 g/mol. The first-order valence-corrected chi connectivity index (χ1v) is 10.4. The van der Waals surface area contributed by atoms with Crippen LogP contribution < -0.4 is 27.4 Å². The van der Waals surface area contributed by atoms with Crippen molar-refractivity contribution in [2.45, 2.75) is 66.0 Å². The van der Waals surface area contributed by atoms with Crippen molar-refractivity contribution in [1.29, 1.82) is 0 Å². The number of carbonyl (C=O) groups is 1. The lowest BCUT2D eigenvalue weighted by molar-refractivity contribution is -0.310. The van der Waals surface area contributed by atoms with Gasteiger partial charge in [0.05, 0.1) is 0 Å². The maximum Gasteiger partial charge on any atom is 0.217 e. The van der Waals surface area contributed by atoms with Crippen molar-refractivity contribution in [3.8, 4) is 0 Å². The summed E-state index contributed by atoms with van der Waals surface area (Å²) in [5, 5.41) is 3.06. The number of allylic oxidation sites excluding steroid dienone is 1. The zero-order valence-corrected chi connectivity index (χ0v) is 19.6. The van der Waals surface area contributed by atoms with Crippen molar-refractivity contribution in [3.63, 3.8) is 0 Å². The highest BCUT2D eigenvalue weighted by molar-refractivity contribution is 7.53. The van der Waals surface area contributed by atoms with Crippen LogP contribution in [0.15, 0.2) is 11.4 Å². The average Bonchev–Trinajstić information content (AvgIpc) is 2.46. The Morgan fingerprint density at radius 1 is 1.30 bits per heavy atom. The average molecular weight is 431 g/mol. The van der Waals surface area contributed by atoms with Gasteiger partial charge in [0.2, 0.25) is 5.91 Å². The van der Waals surface area contributed by atoms with Gasteiger partial charge in [0, 0.05) is 19.0 Å². The van der Waals surface area contributed by atoms with E-state index in [1.807, 2.05) is 13.8 Å². The Kier molecular flexibility index (Phi) is 15.8. The molecule has 9 N–H and O–H groups in total. The molecule has 0 radical (unpaired) electrons. The van der Waals surface area contributed by atoms with Crippen LogP contribution in [-0.4, -0.2) is 36.0 Å². The molecule has 0 aromatic rings. The van der Waals surface area contributed by atoms with Crippen molar-refractivity contribution in [1.82, 2.24) is 22.5 Å². The third-order valence-electron chi connectivity index (χ3n) is 4.80. The van der Waals surface area contributed by atoms with Crippen LogP contribution in [0.25, 0.3) is 0 Å². The summed E-state index contributed by atoms with van der Waals surface area (Å²) in [5.41, 5.74) is 0. The number of hydrogen-bond donors (Lipinski definition) is 3. The van der Waals surface area contributed by atoms with E-state index in [4.69, 9.17) is 0 Å². The fourth-order valence-electron chi connectivity index (χ4n) is 3.74. The van der Waals surface area contributed by atoms with Crippen LogP contribution in [0.3, 0.4) is 0 Å². The highest BCUT2D eigenvalue weighted by atomic mass is 35.5. The highest BCUT2D eigenvalue weighted by Crippen LogP contribution is 2.45. The summed E-state index contributed by atoms with van der Waals surface area (Å²) in [5.74, 6) is 0.438. The minimum Gasteiger partial charge on any atom is -0.808 e. The van der Waals surface area contributed by atoms with Crippen molar-refractivity contribution >= 4 is 25.9 Å². The number of rotatable bonds is 8. The molecule has 0 aromatic heterocycles. The van der Waals surface area contributed by atoms with Crippen LogP contribution in [0.2, 0.25) is 0 Å². The standard InChI is InChI=1S/C17H33N2O4P.ClH.2H3N/c1-6-19(7-2)17-11-14(24(21,22)23)8-9-15(17)16(10-12(3)4)18-13(5)20;;;/h8,12,15-17H,6-7,9-11H2,1-5H3,(H,18,20)(H2,21,22,23);1H;2*1H3/t15-,16+,17-;;;/m1.../s1. The molecule has 0 aliphatic heterocycles. The second-order valence-corrected chi connectivity index (χ2v) is 8.59. The molecule has 8 nitrogen and oxygen atoms in total. The van der Waals surface area contributed by atoms with Crippen LogP contribution in [-0.2, 0) is 9.36 Å². The SMILES string of the molecule is CCN(CC)[C@@H]1CC(P(=O)([O-])[O-])=CC[C@@H]1[C@H](CC(C)C)NC(C)=O.Cl.[NH4+].[NH4+]. The van der Waals surface area contributed by atoms with Gasteiger partial charge >= 0.3 is 0 Å². The molecule has 0 heterocycles. The number of hydrogen-bond acceptors (Lipinski definition) is 5. The van der Waals surface area contributed by atoms with Crippen LogP contribution in [0.4, 0.5) is 0 Å². The Morgan fingerprint density at radius 2 is 1.81 bits per heavy atom. The lowest BCUT2D eigenvalue weighted by Crippen LogP contribution is -2.52. The quantitative estimate of drug-likeness (QED) is 0.502. The van der Waals surface area contributed by atoms with Crippen LogP contribution in [0.1, 0.15) is 53.9 Å². The van der Waals surface area contributed by atoms with Gasteiger partial charge in [-0.05, 0) is 57.1 Å². The number of carbonyl (C=O) groups excluding carboxylic acids is 1. The molecular formula is C17H40ClN4O4P. The van der Waals surface area contributed by atoms with Gasteiger partial charge in [-0.25, -0.2) is 0 Å². The van der Waals surface area contributed by atoms with Gasteiger partial charge in [-0.3, -0.25) is 4.79 Å². The zero-order valence-electron chi connectivity index (χ0n) is 17.9. The van der Waals surface area contributed by atoms with Gasteiger partial charge in [-0.15, -0.1) is 12.4 Å². The topological polar surface area (TPSA) is 169 Å². The molecule has 10 heteroatoms. The van der Waals surface area contributed by atoms with E-state index in [9.17, 15) is 19.1 Å².